The predicted molar refractivity (Wildman–Crippen MR) is 66.9 cm³/mol. The Balaban J connectivity index is 0.00000441. The predicted octanol–water partition coefficient (Wildman–Crippen LogP) is 4.06. The summed E-state index contributed by atoms with van der Waals surface area (Å²) in [4.78, 5) is 0. The van der Waals surface area contributed by atoms with Crippen molar-refractivity contribution < 1.29 is 35.8 Å². The number of aliphatic hydroxyl groups is 1. The zero-order valence-corrected chi connectivity index (χ0v) is 11.7. The normalized spacial score (nSPS) is 13.7. The summed E-state index contributed by atoms with van der Waals surface area (Å²) < 4.78 is 89.6. The van der Waals surface area contributed by atoms with E-state index in [1.807, 2.05) is 0 Å². The average molecular weight is 356 g/mol. The van der Waals surface area contributed by atoms with Gasteiger partial charge in [-0.25, -0.2) is 4.39 Å². The van der Waals surface area contributed by atoms with Crippen molar-refractivity contribution in [1.82, 2.24) is 0 Å². The average Bonchev–Trinajstić information content (AvgIpc) is 2.32. The second-order valence-electron chi connectivity index (χ2n) is 4.39. The van der Waals surface area contributed by atoms with E-state index in [9.17, 15) is 30.7 Å². The van der Waals surface area contributed by atoms with Gasteiger partial charge in [-0.05, 0) is 25.0 Å². The van der Waals surface area contributed by atoms with Crippen LogP contribution in [0.3, 0.4) is 0 Å². The van der Waals surface area contributed by atoms with E-state index in [0.717, 1.165) is 0 Å². The molecule has 22 heavy (non-hydrogen) atoms. The first-order chi connectivity index (χ1) is 9.48. The van der Waals surface area contributed by atoms with E-state index in [4.69, 9.17) is 10.8 Å². The van der Waals surface area contributed by atoms with Crippen LogP contribution in [0, 0.1) is 5.82 Å². The highest BCUT2D eigenvalue weighted by Gasteiger charge is 2.40. The lowest BCUT2D eigenvalue weighted by molar-refractivity contribution is -0.144. The molecule has 0 heterocycles. The molecule has 0 unspecified atom stereocenters. The van der Waals surface area contributed by atoms with Crippen molar-refractivity contribution in [2.24, 2.45) is 5.73 Å². The highest BCUT2D eigenvalue weighted by molar-refractivity contribution is 5.85. The standard InChI is InChI=1S/C12H12F7NO.ClH/c13-8-5-6(11(14,15)16)4-7(12(17,18)19)10(8)9(20)2-1-3-21;/h4-5,9,21H,1-3,20H2;1H/t9-;/m0./s1. The molecule has 1 aromatic rings. The zero-order chi connectivity index (χ0) is 16.4. The van der Waals surface area contributed by atoms with Crippen LogP contribution >= 0.6 is 12.4 Å². The van der Waals surface area contributed by atoms with Gasteiger partial charge in [0, 0.05) is 18.2 Å². The van der Waals surface area contributed by atoms with E-state index in [0.29, 0.717) is 0 Å². The van der Waals surface area contributed by atoms with Crippen LogP contribution in [-0.2, 0) is 12.4 Å². The lowest BCUT2D eigenvalue weighted by Crippen LogP contribution is -2.21. The lowest BCUT2D eigenvalue weighted by atomic mass is 9.94. The molecule has 1 rings (SSSR count). The monoisotopic (exact) mass is 355 g/mol. The molecule has 0 spiro atoms. The molecule has 0 aliphatic heterocycles. The van der Waals surface area contributed by atoms with E-state index in [-0.39, 0.29) is 44.0 Å². The summed E-state index contributed by atoms with van der Waals surface area (Å²) in [5.41, 5.74) is 0.901. The molecule has 3 N–H and O–H groups in total. The Kier molecular flexibility index (Phi) is 7.11. The van der Waals surface area contributed by atoms with Gasteiger partial charge in [0.2, 0.25) is 0 Å². The molecule has 0 radical (unpaired) electrons. The summed E-state index contributed by atoms with van der Waals surface area (Å²) in [5.74, 6) is -1.66. The molecule has 0 aliphatic rings. The minimum absolute atomic E-state index is 0. The van der Waals surface area contributed by atoms with E-state index in [1.54, 1.807) is 0 Å². The molecule has 0 aliphatic carbocycles. The Morgan fingerprint density at radius 3 is 2.00 bits per heavy atom. The number of alkyl halides is 6. The summed E-state index contributed by atoms with van der Waals surface area (Å²) in [6.07, 6.45) is -10.5. The first kappa shape index (κ1) is 20.9. The van der Waals surface area contributed by atoms with E-state index < -0.39 is 40.9 Å². The number of halogens is 8. The van der Waals surface area contributed by atoms with Gasteiger partial charge in [-0.3, -0.25) is 0 Å². The molecule has 0 fully saturated rings. The molecule has 2 nitrogen and oxygen atoms in total. The van der Waals surface area contributed by atoms with Gasteiger partial charge in [0.05, 0.1) is 11.1 Å². The van der Waals surface area contributed by atoms with Gasteiger partial charge in [0.1, 0.15) is 5.82 Å². The Bertz CT molecular complexity index is 501. The van der Waals surface area contributed by atoms with Crippen LogP contribution < -0.4 is 5.73 Å². The van der Waals surface area contributed by atoms with Crippen molar-refractivity contribution in [1.29, 1.82) is 0 Å². The number of hydrogen-bond donors (Lipinski definition) is 2. The van der Waals surface area contributed by atoms with Gasteiger partial charge in [0.25, 0.3) is 0 Å². The smallest absolute Gasteiger partial charge is 0.396 e. The van der Waals surface area contributed by atoms with Crippen LogP contribution in [0.15, 0.2) is 12.1 Å². The van der Waals surface area contributed by atoms with Gasteiger partial charge < -0.3 is 10.8 Å². The van der Waals surface area contributed by atoms with Crippen LogP contribution in [0.4, 0.5) is 30.7 Å². The fraction of sp³-hybridized carbons (Fsp3) is 0.500. The number of aliphatic hydroxyl groups excluding tert-OH is 1. The maximum Gasteiger partial charge on any atom is 0.416 e. The van der Waals surface area contributed by atoms with Gasteiger partial charge in [-0.2, -0.15) is 26.3 Å². The van der Waals surface area contributed by atoms with Gasteiger partial charge in [-0.1, -0.05) is 0 Å². The second-order valence-corrected chi connectivity index (χ2v) is 4.39. The molecule has 0 saturated carbocycles. The fourth-order valence-electron chi connectivity index (χ4n) is 1.85. The fourth-order valence-corrected chi connectivity index (χ4v) is 1.85. The van der Waals surface area contributed by atoms with Crippen molar-refractivity contribution in [2.75, 3.05) is 6.61 Å². The third-order valence-corrected chi connectivity index (χ3v) is 2.81. The van der Waals surface area contributed by atoms with E-state index in [1.165, 1.54) is 0 Å². The van der Waals surface area contributed by atoms with Gasteiger partial charge in [0.15, 0.2) is 0 Å². The van der Waals surface area contributed by atoms with Gasteiger partial charge >= 0.3 is 12.4 Å². The van der Waals surface area contributed by atoms with Crippen LogP contribution in [-0.4, -0.2) is 11.7 Å². The molecule has 1 aromatic carbocycles. The Morgan fingerprint density at radius 2 is 1.59 bits per heavy atom. The Morgan fingerprint density at radius 1 is 1.05 bits per heavy atom. The zero-order valence-electron chi connectivity index (χ0n) is 10.9. The van der Waals surface area contributed by atoms with Crippen LogP contribution in [0.25, 0.3) is 0 Å². The van der Waals surface area contributed by atoms with E-state index >= 15 is 0 Å². The van der Waals surface area contributed by atoms with Crippen LogP contribution in [0.5, 0.6) is 0 Å². The van der Waals surface area contributed by atoms with Crippen molar-refractivity contribution in [3.63, 3.8) is 0 Å². The number of hydrogen-bond acceptors (Lipinski definition) is 2. The highest BCUT2D eigenvalue weighted by atomic mass is 35.5. The summed E-state index contributed by atoms with van der Waals surface area (Å²) in [5, 5.41) is 8.59. The Hall–Kier alpha value is -1.06. The quantitative estimate of drug-likeness (QED) is 0.800. The lowest BCUT2D eigenvalue weighted by Gasteiger charge is -2.21. The first-order valence-electron chi connectivity index (χ1n) is 5.82. The topological polar surface area (TPSA) is 46.2 Å². The minimum atomic E-state index is -5.17. The number of nitrogens with two attached hydrogens (primary N) is 1. The molecular formula is C12H13ClF7NO. The second kappa shape index (κ2) is 7.47. The molecule has 10 heteroatoms. The summed E-state index contributed by atoms with van der Waals surface area (Å²) in [6.45, 7) is -0.378. The minimum Gasteiger partial charge on any atom is -0.396 e. The van der Waals surface area contributed by atoms with Crippen molar-refractivity contribution in [3.8, 4) is 0 Å². The SMILES string of the molecule is Cl.N[C@@H](CCCO)c1c(F)cc(C(F)(F)F)cc1C(F)(F)F. The summed E-state index contributed by atoms with van der Waals surface area (Å²) in [6, 6.07) is -1.63. The largest absolute Gasteiger partial charge is 0.416 e. The number of benzene rings is 1. The van der Waals surface area contributed by atoms with Crippen LogP contribution in [0.2, 0.25) is 0 Å². The maximum absolute atomic E-state index is 13.7. The molecule has 128 valence electrons. The third kappa shape index (κ3) is 4.99. The summed E-state index contributed by atoms with van der Waals surface area (Å²) in [7, 11) is 0. The van der Waals surface area contributed by atoms with Crippen molar-refractivity contribution in [3.05, 3.63) is 34.6 Å². The third-order valence-electron chi connectivity index (χ3n) is 2.81. The molecule has 0 saturated heterocycles. The van der Waals surface area contributed by atoms with Crippen LogP contribution in [0.1, 0.15) is 35.6 Å². The molecular weight excluding hydrogens is 343 g/mol. The maximum atomic E-state index is 13.7. The molecule has 1 atom stereocenters. The highest BCUT2D eigenvalue weighted by Crippen LogP contribution is 2.40. The summed E-state index contributed by atoms with van der Waals surface area (Å²) >= 11 is 0. The van der Waals surface area contributed by atoms with Gasteiger partial charge in [-0.15, -0.1) is 12.4 Å². The van der Waals surface area contributed by atoms with E-state index in [2.05, 4.69) is 0 Å². The molecule has 0 bridgehead atoms. The molecule has 0 aromatic heterocycles. The molecule has 0 amide bonds. The van der Waals surface area contributed by atoms with Crippen molar-refractivity contribution >= 4 is 12.4 Å². The number of rotatable bonds is 4. The Labute approximate surface area is 127 Å². The first-order valence-corrected chi connectivity index (χ1v) is 5.82. The van der Waals surface area contributed by atoms with Crippen molar-refractivity contribution in [2.45, 2.75) is 31.2 Å².